The summed E-state index contributed by atoms with van der Waals surface area (Å²) in [5.41, 5.74) is 0. The molecule has 0 bridgehead atoms. The highest BCUT2D eigenvalue weighted by Gasteiger charge is 2.24. The molecule has 2 aliphatic rings. The van der Waals surface area contributed by atoms with Gasteiger partial charge in [0.15, 0.2) is 0 Å². The van der Waals surface area contributed by atoms with Crippen molar-refractivity contribution in [3.8, 4) is 0 Å². The Hall–Kier alpha value is 0.500. The Morgan fingerprint density at radius 1 is 0.688 bits per heavy atom. The molecule has 0 radical (unpaired) electrons. The van der Waals surface area contributed by atoms with Crippen molar-refractivity contribution >= 4 is 24.8 Å². The molecule has 2 fully saturated rings. The van der Waals surface area contributed by atoms with Crippen LogP contribution in [0.25, 0.3) is 0 Å². The summed E-state index contributed by atoms with van der Waals surface area (Å²) in [6, 6.07) is 1.67. The third-order valence-electron chi connectivity index (χ3n) is 3.98. The largest absolute Gasteiger partial charge is 0.317 e. The third-order valence-corrected chi connectivity index (χ3v) is 3.98. The van der Waals surface area contributed by atoms with Gasteiger partial charge in [-0.15, -0.1) is 24.8 Å². The SMILES string of the molecule is CN[C@@H]1CC[C@H]1C.CN[C@H]1CC[C@@H]1C.Cl.Cl. The van der Waals surface area contributed by atoms with Crippen molar-refractivity contribution in [2.24, 2.45) is 11.8 Å². The molecule has 0 spiro atoms. The maximum Gasteiger partial charge on any atom is 0.00898 e. The van der Waals surface area contributed by atoms with Crippen molar-refractivity contribution in [1.29, 1.82) is 0 Å². The number of rotatable bonds is 2. The predicted octanol–water partition coefficient (Wildman–Crippen LogP) is 2.85. The average Bonchev–Trinajstić information content (AvgIpc) is 2.16. The van der Waals surface area contributed by atoms with Crippen LogP contribution in [-0.2, 0) is 0 Å². The zero-order chi connectivity index (χ0) is 10.6. The van der Waals surface area contributed by atoms with Gasteiger partial charge in [0, 0.05) is 12.1 Å². The van der Waals surface area contributed by atoms with Gasteiger partial charge >= 0.3 is 0 Å². The van der Waals surface area contributed by atoms with E-state index in [-0.39, 0.29) is 24.8 Å². The fourth-order valence-electron chi connectivity index (χ4n) is 2.19. The van der Waals surface area contributed by atoms with E-state index in [1.54, 1.807) is 0 Å². The van der Waals surface area contributed by atoms with Crippen LogP contribution in [0.15, 0.2) is 0 Å². The second kappa shape index (κ2) is 9.52. The van der Waals surface area contributed by atoms with E-state index >= 15 is 0 Å². The summed E-state index contributed by atoms with van der Waals surface area (Å²) < 4.78 is 0. The molecule has 0 aliphatic heterocycles. The molecule has 2 nitrogen and oxygen atoms in total. The van der Waals surface area contributed by atoms with Crippen LogP contribution in [0.4, 0.5) is 0 Å². The second-order valence-electron chi connectivity index (χ2n) is 4.90. The van der Waals surface area contributed by atoms with E-state index in [2.05, 4.69) is 24.5 Å². The molecule has 2 rings (SSSR count). The number of nitrogens with one attached hydrogen (secondary N) is 2. The van der Waals surface area contributed by atoms with Crippen molar-refractivity contribution in [3.63, 3.8) is 0 Å². The molecule has 100 valence electrons. The van der Waals surface area contributed by atoms with Crippen LogP contribution in [0.1, 0.15) is 39.5 Å². The van der Waals surface area contributed by atoms with Crippen LogP contribution < -0.4 is 10.6 Å². The van der Waals surface area contributed by atoms with E-state index in [0.717, 1.165) is 23.9 Å². The Balaban J connectivity index is 0. The van der Waals surface area contributed by atoms with Crippen molar-refractivity contribution < 1.29 is 0 Å². The zero-order valence-corrected chi connectivity index (χ0v) is 12.6. The molecule has 0 aromatic rings. The maximum absolute atomic E-state index is 3.25. The Kier molecular flexibility index (Phi) is 11.2. The van der Waals surface area contributed by atoms with E-state index in [1.165, 1.54) is 25.7 Å². The van der Waals surface area contributed by atoms with E-state index in [0.29, 0.717) is 0 Å². The van der Waals surface area contributed by atoms with Crippen LogP contribution in [0.3, 0.4) is 0 Å². The van der Waals surface area contributed by atoms with Crippen LogP contribution in [-0.4, -0.2) is 26.2 Å². The highest BCUT2D eigenvalue weighted by Crippen LogP contribution is 2.25. The summed E-state index contributed by atoms with van der Waals surface area (Å²) in [5.74, 6) is 1.87. The predicted molar refractivity (Wildman–Crippen MR) is 77.0 cm³/mol. The van der Waals surface area contributed by atoms with Gasteiger partial charge in [0.1, 0.15) is 0 Å². The normalized spacial score (nSPS) is 35.2. The molecule has 0 heterocycles. The summed E-state index contributed by atoms with van der Waals surface area (Å²) in [7, 11) is 4.08. The molecule has 2 N–H and O–H groups in total. The molecular weight excluding hydrogens is 243 g/mol. The minimum absolute atomic E-state index is 0. The van der Waals surface area contributed by atoms with Crippen molar-refractivity contribution in [1.82, 2.24) is 10.6 Å². The smallest absolute Gasteiger partial charge is 0.00898 e. The summed E-state index contributed by atoms with van der Waals surface area (Å²) >= 11 is 0. The number of hydrogen-bond acceptors (Lipinski definition) is 2. The lowest BCUT2D eigenvalue weighted by molar-refractivity contribution is 0.243. The zero-order valence-electron chi connectivity index (χ0n) is 11.0. The van der Waals surface area contributed by atoms with Gasteiger partial charge < -0.3 is 10.6 Å². The average molecular weight is 271 g/mol. The lowest BCUT2D eigenvalue weighted by atomic mass is 9.81. The van der Waals surface area contributed by atoms with Gasteiger partial charge in [0.05, 0.1) is 0 Å². The molecule has 0 unspecified atom stereocenters. The standard InChI is InChI=1S/2C6H13N.2ClH/c2*1-5-3-4-6(5)7-2;;/h2*5-7H,3-4H2,1-2H3;2*1H/t2*5-,6-;;/m10../s1. The first kappa shape index (κ1) is 18.9. The maximum atomic E-state index is 3.25. The second-order valence-corrected chi connectivity index (χ2v) is 4.90. The van der Waals surface area contributed by atoms with E-state index in [1.807, 2.05) is 14.1 Å². The van der Waals surface area contributed by atoms with E-state index < -0.39 is 0 Å². The molecule has 0 amide bonds. The van der Waals surface area contributed by atoms with Gasteiger partial charge in [-0.1, -0.05) is 13.8 Å². The van der Waals surface area contributed by atoms with Gasteiger partial charge in [-0.05, 0) is 51.6 Å². The minimum Gasteiger partial charge on any atom is -0.317 e. The van der Waals surface area contributed by atoms with Crippen molar-refractivity contribution in [2.45, 2.75) is 51.6 Å². The highest BCUT2D eigenvalue weighted by molar-refractivity contribution is 5.85. The molecule has 0 aromatic carbocycles. The Morgan fingerprint density at radius 2 is 1.00 bits per heavy atom. The van der Waals surface area contributed by atoms with Crippen LogP contribution in [0.5, 0.6) is 0 Å². The first-order valence-corrected chi connectivity index (χ1v) is 6.03. The quantitative estimate of drug-likeness (QED) is 0.807. The van der Waals surface area contributed by atoms with Gasteiger partial charge in [-0.25, -0.2) is 0 Å². The fraction of sp³-hybridized carbons (Fsp3) is 1.00. The number of hydrogen-bond donors (Lipinski definition) is 2. The molecule has 4 atom stereocenters. The van der Waals surface area contributed by atoms with Crippen molar-refractivity contribution in [3.05, 3.63) is 0 Å². The Bertz CT molecular complexity index is 145. The van der Waals surface area contributed by atoms with Crippen LogP contribution in [0, 0.1) is 11.8 Å². The van der Waals surface area contributed by atoms with Crippen LogP contribution >= 0.6 is 24.8 Å². The van der Waals surface area contributed by atoms with Gasteiger partial charge in [-0.2, -0.15) is 0 Å². The Labute approximate surface area is 113 Å². The van der Waals surface area contributed by atoms with Gasteiger partial charge in [0.2, 0.25) is 0 Å². The van der Waals surface area contributed by atoms with Crippen LogP contribution in [0.2, 0.25) is 0 Å². The fourth-order valence-corrected chi connectivity index (χ4v) is 2.19. The summed E-state index contributed by atoms with van der Waals surface area (Å²) in [6.45, 7) is 4.59. The third kappa shape index (κ3) is 5.22. The molecular formula is C12H28Cl2N2. The topological polar surface area (TPSA) is 24.1 Å². The lowest BCUT2D eigenvalue weighted by Crippen LogP contribution is -2.39. The Morgan fingerprint density at radius 3 is 1.00 bits per heavy atom. The first-order valence-electron chi connectivity index (χ1n) is 6.03. The summed E-state index contributed by atoms with van der Waals surface area (Å²) in [6.07, 6.45) is 5.62. The molecule has 0 aromatic heterocycles. The van der Waals surface area contributed by atoms with E-state index in [4.69, 9.17) is 0 Å². The first-order chi connectivity index (χ1) is 6.69. The van der Waals surface area contributed by atoms with Gasteiger partial charge in [-0.3, -0.25) is 0 Å². The molecule has 2 saturated carbocycles. The molecule has 16 heavy (non-hydrogen) atoms. The lowest BCUT2D eigenvalue weighted by Gasteiger charge is -2.33. The molecule has 4 heteroatoms. The molecule has 0 saturated heterocycles. The monoisotopic (exact) mass is 270 g/mol. The van der Waals surface area contributed by atoms with E-state index in [9.17, 15) is 0 Å². The summed E-state index contributed by atoms with van der Waals surface area (Å²) in [4.78, 5) is 0. The van der Waals surface area contributed by atoms with Gasteiger partial charge in [0.25, 0.3) is 0 Å². The number of halogens is 2. The highest BCUT2D eigenvalue weighted by atomic mass is 35.5. The van der Waals surface area contributed by atoms with Crippen molar-refractivity contribution in [2.75, 3.05) is 14.1 Å². The summed E-state index contributed by atoms with van der Waals surface area (Å²) in [5, 5.41) is 6.50. The molecule has 2 aliphatic carbocycles. The minimum atomic E-state index is 0.